The number of nitrogens with zero attached hydrogens (tertiary/aromatic N) is 2. The van der Waals surface area contributed by atoms with Gasteiger partial charge in [0.2, 0.25) is 17.8 Å². The zero-order valence-corrected chi connectivity index (χ0v) is 22.4. The van der Waals surface area contributed by atoms with Crippen LogP contribution in [-0.2, 0) is 9.59 Å². The van der Waals surface area contributed by atoms with Crippen molar-refractivity contribution >= 4 is 46.2 Å². The molecule has 2 aromatic rings. The number of aromatic nitrogens is 2. The Balaban J connectivity index is 2.43. The average Bonchev–Trinajstić information content (AvgIpc) is 2.68. The maximum absolute atomic E-state index is 12.5. The van der Waals surface area contributed by atoms with E-state index in [-0.39, 0.29) is 47.1 Å². The molecule has 1 aromatic heterocycles. The van der Waals surface area contributed by atoms with Crippen molar-refractivity contribution in [3.63, 3.8) is 0 Å². The van der Waals surface area contributed by atoms with Crippen molar-refractivity contribution in [3.05, 3.63) is 27.5 Å². The molecule has 2 amide bonds. The van der Waals surface area contributed by atoms with E-state index in [0.717, 1.165) is 14.9 Å². The lowest BCUT2D eigenvalue weighted by molar-refractivity contribution is -0.117. The third-order valence-electron chi connectivity index (χ3n) is 4.58. The first kappa shape index (κ1) is 26.8. The van der Waals surface area contributed by atoms with Crippen LogP contribution in [-0.4, -0.2) is 28.9 Å². The molecule has 180 valence electrons. The number of benzene rings is 1. The van der Waals surface area contributed by atoms with E-state index in [2.05, 4.69) is 57.0 Å². The zero-order valence-electron chi connectivity index (χ0n) is 20.3. The Bertz CT molecular complexity index is 993. The van der Waals surface area contributed by atoms with Crippen LogP contribution in [0.15, 0.2) is 18.3 Å². The Labute approximate surface area is 209 Å². The van der Waals surface area contributed by atoms with Gasteiger partial charge >= 0.3 is 0 Å². The average molecular weight is 568 g/mol. The fourth-order valence-corrected chi connectivity index (χ4v) is 3.72. The quantitative estimate of drug-likeness (QED) is 0.342. The van der Waals surface area contributed by atoms with E-state index in [1.54, 1.807) is 7.11 Å². The molecule has 0 bridgehead atoms. The van der Waals surface area contributed by atoms with E-state index in [1.165, 1.54) is 6.20 Å². The number of carbonyl (C=O) groups is 2. The van der Waals surface area contributed by atoms with Crippen LogP contribution in [0.4, 0.5) is 11.8 Å². The summed E-state index contributed by atoms with van der Waals surface area (Å²) in [4.78, 5) is 33.3. The molecule has 0 saturated carbocycles. The van der Waals surface area contributed by atoms with E-state index >= 15 is 0 Å². The van der Waals surface area contributed by atoms with Crippen molar-refractivity contribution < 1.29 is 19.1 Å². The van der Waals surface area contributed by atoms with Gasteiger partial charge in [-0.2, -0.15) is 4.98 Å². The molecule has 9 heteroatoms. The molecule has 0 saturated heterocycles. The molecule has 0 spiro atoms. The highest BCUT2D eigenvalue weighted by molar-refractivity contribution is 14.1. The molecule has 0 unspecified atom stereocenters. The predicted octanol–water partition coefficient (Wildman–Crippen LogP) is 5.97. The summed E-state index contributed by atoms with van der Waals surface area (Å²) < 4.78 is 12.5. The van der Waals surface area contributed by atoms with Gasteiger partial charge < -0.3 is 14.8 Å². The third kappa shape index (κ3) is 8.13. The third-order valence-corrected chi connectivity index (χ3v) is 5.42. The zero-order chi connectivity index (χ0) is 24.7. The smallest absolute Gasteiger partial charge is 0.231 e. The number of hydrogen-bond acceptors (Lipinski definition) is 6. The molecule has 0 radical (unpaired) electrons. The van der Waals surface area contributed by atoms with Gasteiger partial charge in [0.05, 0.1) is 16.9 Å². The predicted molar refractivity (Wildman–Crippen MR) is 138 cm³/mol. The summed E-state index contributed by atoms with van der Waals surface area (Å²) >= 11 is 2.18. The highest BCUT2D eigenvalue weighted by Gasteiger charge is 2.19. The van der Waals surface area contributed by atoms with Crippen LogP contribution in [0, 0.1) is 15.4 Å². The fourth-order valence-electron chi connectivity index (χ4n) is 3.06. The van der Waals surface area contributed by atoms with Gasteiger partial charge in [-0.05, 0) is 52.5 Å². The summed E-state index contributed by atoms with van der Waals surface area (Å²) in [6.07, 6.45) is 2.14. The van der Waals surface area contributed by atoms with Crippen LogP contribution in [0.2, 0.25) is 0 Å². The highest BCUT2D eigenvalue weighted by Crippen LogP contribution is 2.38. The lowest BCUT2D eigenvalue weighted by Crippen LogP contribution is -2.19. The second kappa shape index (κ2) is 12.2. The molecule has 0 atom stereocenters. The first-order valence-corrected chi connectivity index (χ1v) is 12.1. The summed E-state index contributed by atoms with van der Waals surface area (Å²) in [5.74, 6) is 2.15. The highest BCUT2D eigenvalue weighted by atomic mass is 127. The van der Waals surface area contributed by atoms with Gasteiger partial charge in [-0.25, -0.2) is 4.98 Å². The van der Waals surface area contributed by atoms with Crippen LogP contribution >= 0.6 is 22.6 Å². The summed E-state index contributed by atoms with van der Waals surface area (Å²) in [6, 6.07) is 3.83. The van der Waals surface area contributed by atoms with Crippen molar-refractivity contribution in [3.8, 4) is 17.2 Å². The van der Waals surface area contributed by atoms with Gasteiger partial charge in [-0.15, -0.1) is 0 Å². The summed E-state index contributed by atoms with van der Waals surface area (Å²) in [5.41, 5.74) is 0.945. The minimum atomic E-state index is -0.193. The first-order chi connectivity index (χ1) is 15.5. The van der Waals surface area contributed by atoms with E-state index in [4.69, 9.17) is 9.47 Å². The van der Waals surface area contributed by atoms with Gasteiger partial charge in [-0.3, -0.25) is 14.9 Å². The minimum Gasteiger partial charge on any atom is -0.496 e. The molecule has 2 rings (SSSR count). The molecule has 1 heterocycles. The number of amides is 2. The van der Waals surface area contributed by atoms with Crippen LogP contribution in [0.5, 0.6) is 17.2 Å². The van der Waals surface area contributed by atoms with Gasteiger partial charge in [0.25, 0.3) is 0 Å². The van der Waals surface area contributed by atoms with Crippen molar-refractivity contribution in [2.75, 3.05) is 17.7 Å². The van der Waals surface area contributed by atoms with Gasteiger partial charge in [0.15, 0.2) is 11.6 Å². The van der Waals surface area contributed by atoms with E-state index in [9.17, 15) is 9.59 Å². The van der Waals surface area contributed by atoms with Crippen LogP contribution in [0.1, 0.15) is 65.9 Å². The molecular weight excluding hydrogens is 535 g/mol. The van der Waals surface area contributed by atoms with Gasteiger partial charge in [0.1, 0.15) is 11.5 Å². The van der Waals surface area contributed by atoms with Crippen molar-refractivity contribution in [2.45, 2.75) is 60.3 Å². The molecule has 8 nitrogen and oxygen atoms in total. The van der Waals surface area contributed by atoms with E-state index in [1.807, 2.05) is 39.8 Å². The van der Waals surface area contributed by atoms with Crippen LogP contribution in [0.25, 0.3) is 0 Å². The minimum absolute atomic E-state index is 0.112. The van der Waals surface area contributed by atoms with Gasteiger partial charge in [0, 0.05) is 18.4 Å². The Kier molecular flexibility index (Phi) is 9.87. The Morgan fingerprint density at radius 1 is 0.939 bits per heavy atom. The summed E-state index contributed by atoms with van der Waals surface area (Å²) in [6.45, 7) is 12.0. The molecule has 0 aliphatic carbocycles. The first-order valence-electron chi connectivity index (χ1n) is 11.0. The molecule has 1 aromatic carbocycles. The van der Waals surface area contributed by atoms with Gasteiger partial charge in [-0.1, -0.05) is 41.5 Å². The van der Waals surface area contributed by atoms with Crippen LogP contribution < -0.4 is 20.1 Å². The standard InChI is InChI=1S/C24H33IN4O4/c1-13(2)8-21(30)27-23-20(12-26-24(29-23)28-22(31)9-14(3)4)33-18-11-17(25)19(32-7)10-16(18)15(5)6/h10-15H,8-9H2,1-7H3,(H2,26,27,28,29,30,31). The normalized spacial score (nSPS) is 11.1. The maximum Gasteiger partial charge on any atom is 0.231 e. The summed E-state index contributed by atoms with van der Waals surface area (Å²) in [7, 11) is 1.63. The number of halogens is 1. The topological polar surface area (TPSA) is 102 Å². The Hall–Kier alpha value is -2.43. The number of rotatable bonds is 10. The number of nitrogens with one attached hydrogen (secondary N) is 2. The van der Waals surface area contributed by atoms with E-state index in [0.29, 0.717) is 18.6 Å². The van der Waals surface area contributed by atoms with Crippen molar-refractivity contribution in [1.29, 1.82) is 0 Å². The molecule has 0 fully saturated rings. The Morgan fingerprint density at radius 2 is 1.55 bits per heavy atom. The van der Waals surface area contributed by atoms with Crippen molar-refractivity contribution in [1.82, 2.24) is 9.97 Å². The Morgan fingerprint density at radius 3 is 2.09 bits per heavy atom. The lowest BCUT2D eigenvalue weighted by atomic mass is 10.0. The number of ether oxygens (including phenoxy) is 2. The summed E-state index contributed by atoms with van der Waals surface area (Å²) in [5, 5.41) is 5.50. The number of carbonyl (C=O) groups excluding carboxylic acids is 2. The number of anilines is 2. The number of hydrogen-bond donors (Lipinski definition) is 2. The SMILES string of the molecule is COc1cc(C(C)C)c(Oc2cnc(NC(=O)CC(C)C)nc2NC(=O)CC(C)C)cc1I. The molecule has 0 aliphatic rings. The molecule has 0 aliphatic heterocycles. The second-order valence-electron chi connectivity index (χ2n) is 8.98. The van der Waals surface area contributed by atoms with E-state index < -0.39 is 0 Å². The fraction of sp³-hybridized carbons (Fsp3) is 0.500. The molecule has 2 N–H and O–H groups in total. The second-order valence-corrected chi connectivity index (χ2v) is 10.1. The molecular formula is C24H33IN4O4. The monoisotopic (exact) mass is 568 g/mol. The van der Waals surface area contributed by atoms with Crippen molar-refractivity contribution in [2.24, 2.45) is 11.8 Å². The lowest BCUT2D eigenvalue weighted by Gasteiger charge is -2.18. The maximum atomic E-state index is 12.5. The molecule has 33 heavy (non-hydrogen) atoms. The largest absolute Gasteiger partial charge is 0.496 e. The number of methoxy groups -OCH3 is 1. The van der Waals surface area contributed by atoms with Crippen LogP contribution in [0.3, 0.4) is 0 Å².